The van der Waals surface area contributed by atoms with Crippen LogP contribution < -0.4 is 30.8 Å². The van der Waals surface area contributed by atoms with Crippen molar-refractivity contribution >= 4 is 23.2 Å². The van der Waals surface area contributed by atoms with E-state index in [0.717, 1.165) is 11.0 Å². The molecule has 1 N–H and O–H groups in total. The third-order valence-corrected chi connectivity index (χ3v) is 7.01. The van der Waals surface area contributed by atoms with Crippen LogP contribution in [0.5, 0.6) is 17.2 Å². The number of aromatic nitrogens is 2. The molecule has 1 aliphatic heterocycles. The highest BCUT2D eigenvalue weighted by atomic mass is 19.1. The molecule has 0 bridgehead atoms. The Hall–Kier alpha value is -4.42. The largest absolute Gasteiger partial charge is 0.493 e. The smallest absolute Gasteiger partial charge is 0.332 e. The SMILES string of the molecule is CNC(=O)COc1ccc(Cn2c(=O)c3cc(OC(CF)CF)ccc3n(C3CCN(C=O)CC3)c2=O)cc1OC. The number of carbonyl (C=O) groups is 2. The van der Waals surface area contributed by atoms with E-state index >= 15 is 0 Å². The maximum Gasteiger partial charge on any atom is 0.332 e. The molecule has 2 aromatic carbocycles. The Morgan fingerprint density at radius 3 is 2.46 bits per heavy atom. The van der Waals surface area contributed by atoms with Crippen LogP contribution >= 0.6 is 0 Å². The Kier molecular flexibility index (Phi) is 9.58. The highest BCUT2D eigenvalue weighted by Crippen LogP contribution is 2.29. The number of fused-ring (bicyclic) bond motifs is 1. The van der Waals surface area contributed by atoms with E-state index in [1.165, 1.54) is 26.3 Å². The molecule has 220 valence electrons. The van der Waals surface area contributed by atoms with Crippen LogP contribution in [-0.4, -0.2) is 79.7 Å². The Balaban J connectivity index is 1.78. The van der Waals surface area contributed by atoms with Gasteiger partial charge in [0, 0.05) is 26.2 Å². The summed E-state index contributed by atoms with van der Waals surface area (Å²) in [6.45, 7) is -1.52. The van der Waals surface area contributed by atoms with Crippen LogP contribution in [0.3, 0.4) is 0 Å². The van der Waals surface area contributed by atoms with E-state index in [1.807, 2.05) is 0 Å². The van der Waals surface area contributed by atoms with Crippen LogP contribution in [0.2, 0.25) is 0 Å². The van der Waals surface area contributed by atoms with Crippen molar-refractivity contribution in [1.82, 2.24) is 19.4 Å². The van der Waals surface area contributed by atoms with Crippen molar-refractivity contribution in [1.29, 1.82) is 0 Å². The van der Waals surface area contributed by atoms with Crippen molar-refractivity contribution in [3.8, 4) is 17.2 Å². The van der Waals surface area contributed by atoms with Crippen molar-refractivity contribution in [2.24, 2.45) is 0 Å². The number of rotatable bonds is 12. The van der Waals surface area contributed by atoms with Gasteiger partial charge in [-0.2, -0.15) is 0 Å². The quantitative estimate of drug-likeness (QED) is 0.328. The number of amides is 2. The van der Waals surface area contributed by atoms with Gasteiger partial charge in [0.25, 0.3) is 11.5 Å². The highest BCUT2D eigenvalue weighted by molar-refractivity contribution is 5.80. The standard InChI is InChI=1S/C28H32F2N4O7/c1-31-26(36)16-40-24-6-3-18(11-25(24)39-2)15-33-27(37)22-12-20(41-21(13-29)14-30)4-5-23(22)34(28(33)38)19-7-9-32(17-35)10-8-19/h3-6,11-12,17,19,21H,7-10,13-16H2,1-2H3,(H,31,36). The van der Waals surface area contributed by atoms with Gasteiger partial charge in [0.15, 0.2) is 24.2 Å². The third-order valence-electron chi connectivity index (χ3n) is 7.01. The minimum Gasteiger partial charge on any atom is -0.493 e. The van der Waals surface area contributed by atoms with Crippen LogP contribution in [0.25, 0.3) is 10.9 Å². The average molecular weight is 575 g/mol. The van der Waals surface area contributed by atoms with E-state index in [4.69, 9.17) is 14.2 Å². The normalized spacial score (nSPS) is 13.8. The first-order chi connectivity index (χ1) is 19.8. The molecule has 2 amide bonds. The zero-order valence-corrected chi connectivity index (χ0v) is 22.8. The molecule has 1 fully saturated rings. The average Bonchev–Trinajstić information content (AvgIpc) is 3.01. The predicted octanol–water partition coefficient (Wildman–Crippen LogP) is 1.82. The topological polar surface area (TPSA) is 121 Å². The van der Waals surface area contributed by atoms with Gasteiger partial charge in [0.05, 0.1) is 24.6 Å². The number of carbonyl (C=O) groups excluding carboxylic acids is 2. The number of methoxy groups -OCH3 is 1. The van der Waals surface area contributed by atoms with Crippen molar-refractivity contribution in [2.75, 3.05) is 47.2 Å². The Bertz CT molecular complexity index is 1510. The van der Waals surface area contributed by atoms with Gasteiger partial charge >= 0.3 is 5.69 Å². The molecule has 1 aromatic heterocycles. The first kappa shape index (κ1) is 29.6. The highest BCUT2D eigenvalue weighted by Gasteiger charge is 2.25. The second-order valence-corrected chi connectivity index (χ2v) is 9.59. The molecule has 1 saturated heterocycles. The zero-order chi connectivity index (χ0) is 29.5. The number of alkyl halides is 2. The number of halogens is 2. The van der Waals surface area contributed by atoms with Gasteiger partial charge in [-0.15, -0.1) is 0 Å². The van der Waals surface area contributed by atoms with Gasteiger partial charge in [0.1, 0.15) is 19.1 Å². The number of hydrogen-bond donors (Lipinski definition) is 1. The number of nitrogens with zero attached hydrogens (tertiary/aromatic N) is 3. The van der Waals surface area contributed by atoms with Crippen LogP contribution in [-0.2, 0) is 16.1 Å². The lowest BCUT2D eigenvalue weighted by Gasteiger charge is -2.31. The second kappa shape index (κ2) is 13.3. The molecule has 4 rings (SSSR count). The van der Waals surface area contributed by atoms with Crippen LogP contribution in [0.1, 0.15) is 24.4 Å². The maximum atomic E-state index is 13.9. The van der Waals surface area contributed by atoms with Crippen molar-refractivity contribution in [3.63, 3.8) is 0 Å². The molecule has 0 unspecified atom stereocenters. The van der Waals surface area contributed by atoms with Crippen LogP contribution in [0, 0.1) is 0 Å². The van der Waals surface area contributed by atoms with Gasteiger partial charge in [-0.05, 0) is 48.7 Å². The molecular formula is C28H32F2N4O7. The molecule has 11 nitrogen and oxygen atoms in total. The van der Waals surface area contributed by atoms with E-state index in [2.05, 4.69) is 5.32 Å². The fourth-order valence-electron chi connectivity index (χ4n) is 4.80. The molecule has 0 radical (unpaired) electrons. The van der Waals surface area contributed by atoms with E-state index in [-0.39, 0.29) is 36.2 Å². The third kappa shape index (κ3) is 6.50. The minimum atomic E-state index is -1.31. The molecule has 0 aliphatic carbocycles. The Labute approximate surface area is 234 Å². The summed E-state index contributed by atoms with van der Waals surface area (Å²) in [5, 5.41) is 2.60. The van der Waals surface area contributed by atoms with E-state index < -0.39 is 30.7 Å². The summed E-state index contributed by atoms with van der Waals surface area (Å²) in [6, 6.07) is 8.95. The summed E-state index contributed by atoms with van der Waals surface area (Å²) < 4.78 is 45.1. The molecule has 1 aliphatic rings. The number of ether oxygens (including phenoxy) is 3. The lowest BCUT2D eigenvalue weighted by molar-refractivity contribution is -0.122. The number of nitrogens with one attached hydrogen (secondary N) is 1. The molecule has 13 heteroatoms. The van der Waals surface area contributed by atoms with Crippen molar-refractivity contribution in [3.05, 3.63) is 62.8 Å². The molecule has 3 aromatic rings. The fraction of sp³-hybridized carbons (Fsp3) is 0.429. The summed E-state index contributed by atoms with van der Waals surface area (Å²) in [4.78, 5) is 52.0. The molecule has 0 saturated carbocycles. The van der Waals surface area contributed by atoms with Crippen molar-refractivity contribution < 1.29 is 32.6 Å². The summed E-state index contributed by atoms with van der Waals surface area (Å²) in [5.74, 6) is 0.385. The van der Waals surface area contributed by atoms with Gasteiger partial charge in [-0.1, -0.05) is 6.07 Å². The number of piperidine rings is 1. The molecular weight excluding hydrogens is 542 g/mol. The lowest BCUT2D eigenvalue weighted by atomic mass is 10.0. The summed E-state index contributed by atoms with van der Waals surface area (Å²) in [5.41, 5.74) is -0.226. The molecule has 41 heavy (non-hydrogen) atoms. The summed E-state index contributed by atoms with van der Waals surface area (Å²) in [6.07, 6.45) is 0.454. The van der Waals surface area contributed by atoms with E-state index in [9.17, 15) is 28.0 Å². The van der Waals surface area contributed by atoms with Gasteiger partial charge in [0.2, 0.25) is 6.41 Å². The van der Waals surface area contributed by atoms with Gasteiger partial charge < -0.3 is 24.4 Å². The van der Waals surface area contributed by atoms with Crippen LogP contribution in [0.4, 0.5) is 8.78 Å². The second-order valence-electron chi connectivity index (χ2n) is 9.59. The van der Waals surface area contributed by atoms with Crippen molar-refractivity contribution in [2.45, 2.75) is 31.5 Å². The lowest BCUT2D eigenvalue weighted by Crippen LogP contribution is -2.44. The Morgan fingerprint density at radius 1 is 1.10 bits per heavy atom. The number of likely N-dealkylation sites (N-methyl/N-ethyl adjacent to an activating group) is 1. The summed E-state index contributed by atoms with van der Waals surface area (Å²) >= 11 is 0. The molecule has 0 atom stereocenters. The predicted molar refractivity (Wildman–Crippen MR) is 146 cm³/mol. The molecule has 0 spiro atoms. The van der Waals surface area contributed by atoms with E-state index in [0.29, 0.717) is 48.5 Å². The minimum absolute atomic E-state index is 0.0988. The summed E-state index contributed by atoms with van der Waals surface area (Å²) in [7, 11) is 2.91. The number of likely N-dealkylation sites (tertiary alicyclic amines) is 1. The maximum absolute atomic E-state index is 13.9. The monoisotopic (exact) mass is 574 g/mol. The van der Waals surface area contributed by atoms with Gasteiger partial charge in [-0.25, -0.2) is 13.6 Å². The first-order valence-electron chi connectivity index (χ1n) is 13.1. The number of benzene rings is 2. The molecule has 2 heterocycles. The first-order valence-corrected chi connectivity index (χ1v) is 13.1. The van der Waals surface area contributed by atoms with Crippen LogP contribution in [0.15, 0.2) is 46.0 Å². The zero-order valence-electron chi connectivity index (χ0n) is 22.8. The Morgan fingerprint density at radius 2 is 1.83 bits per heavy atom. The van der Waals surface area contributed by atoms with Gasteiger partial charge in [-0.3, -0.25) is 23.5 Å². The fourth-order valence-corrected chi connectivity index (χ4v) is 4.80. The van der Waals surface area contributed by atoms with E-state index in [1.54, 1.807) is 33.7 Å². The number of hydrogen-bond acceptors (Lipinski definition) is 7.